The van der Waals surface area contributed by atoms with Gasteiger partial charge in [0, 0.05) is 36.0 Å². The molecule has 1 aliphatic carbocycles. The molecule has 9 heteroatoms. The molecule has 160 valence electrons. The van der Waals surface area contributed by atoms with Crippen LogP contribution in [0.3, 0.4) is 0 Å². The second-order valence-electron chi connectivity index (χ2n) is 9.09. The number of aromatic nitrogens is 4. The van der Waals surface area contributed by atoms with E-state index in [1.165, 1.54) is 4.31 Å². The average Bonchev–Trinajstić information content (AvgIpc) is 3.34. The molecule has 1 aliphatic heterocycles. The van der Waals surface area contributed by atoms with Crippen molar-refractivity contribution in [2.45, 2.75) is 50.5 Å². The fourth-order valence-electron chi connectivity index (χ4n) is 5.04. The Kier molecular flexibility index (Phi) is 4.79. The Morgan fingerprint density at radius 2 is 2.03 bits per heavy atom. The topological polar surface area (TPSA) is 112 Å². The van der Waals surface area contributed by atoms with Crippen molar-refractivity contribution >= 4 is 32.0 Å². The number of aliphatic hydroxyl groups is 1. The van der Waals surface area contributed by atoms with Crippen molar-refractivity contribution < 1.29 is 13.5 Å². The lowest BCUT2D eigenvalue weighted by Crippen LogP contribution is -2.37. The Morgan fingerprint density at radius 1 is 1.23 bits per heavy atom. The van der Waals surface area contributed by atoms with Crippen molar-refractivity contribution in [3.05, 3.63) is 30.5 Å². The van der Waals surface area contributed by atoms with Crippen LogP contribution in [0.25, 0.3) is 21.9 Å². The van der Waals surface area contributed by atoms with E-state index in [4.69, 9.17) is 0 Å². The largest absolute Gasteiger partial charge is 0.389 e. The molecule has 0 bridgehead atoms. The van der Waals surface area contributed by atoms with Crippen molar-refractivity contribution in [3.63, 3.8) is 0 Å². The van der Waals surface area contributed by atoms with Crippen molar-refractivity contribution in [1.82, 2.24) is 24.2 Å². The number of fused-ring (bicyclic) bond motifs is 3. The molecule has 1 saturated heterocycles. The van der Waals surface area contributed by atoms with Crippen LogP contribution in [0.2, 0.25) is 0 Å². The van der Waals surface area contributed by atoms with Crippen molar-refractivity contribution in [3.8, 4) is 0 Å². The molecule has 0 radical (unpaired) electrons. The summed E-state index contributed by atoms with van der Waals surface area (Å²) in [6.45, 7) is 2.33. The first kappa shape index (κ1) is 19.8. The average molecular weight is 430 g/mol. The van der Waals surface area contributed by atoms with Gasteiger partial charge in [-0.15, -0.1) is 0 Å². The number of rotatable bonds is 4. The quantitative estimate of drug-likeness (QED) is 0.659. The molecule has 4 heterocycles. The molecule has 1 saturated carbocycles. The van der Waals surface area contributed by atoms with E-state index in [-0.39, 0.29) is 18.2 Å². The van der Waals surface area contributed by atoms with Gasteiger partial charge >= 0.3 is 0 Å². The Morgan fingerprint density at radius 3 is 2.77 bits per heavy atom. The zero-order chi connectivity index (χ0) is 20.9. The lowest BCUT2D eigenvalue weighted by Gasteiger charge is -2.30. The van der Waals surface area contributed by atoms with Gasteiger partial charge in [0.15, 0.2) is 0 Å². The molecule has 8 nitrogen and oxygen atoms in total. The third-order valence-electron chi connectivity index (χ3n) is 6.71. The van der Waals surface area contributed by atoms with E-state index in [0.717, 1.165) is 53.3 Å². The molecular weight excluding hydrogens is 402 g/mol. The highest BCUT2D eigenvalue weighted by molar-refractivity contribution is 7.89. The van der Waals surface area contributed by atoms with Crippen molar-refractivity contribution in [1.29, 1.82) is 0 Å². The Balaban J connectivity index is 1.32. The second kappa shape index (κ2) is 7.25. The third-order valence-corrected chi connectivity index (χ3v) is 8.70. The van der Waals surface area contributed by atoms with Gasteiger partial charge < -0.3 is 10.1 Å². The van der Waals surface area contributed by atoms with Gasteiger partial charge in [-0.1, -0.05) is 0 Å². The normalized spacial score (nSPS) is 28.5. The minimum Gasteiger partial charge on any atom is -0.389 e. The highest BCUT2D eigenvalue weighted by atomic mass is 32.2. The van der Waals surface area contributed by atoms with Crippen molar-refractivity contribution in [2.24, 2.45) is 5.92 Å². The zero-order valence-electron chi connectivity index (χ0n) is 17.1. The summed E-state index contributed by atoms with van der Waals surface area (Å²) in [5, 5.41) is 12.2. The Labute approximate surface area is 175 Å². The minimum absolute atomic E-state index is 0.152. The maximum Gasteiger partial charge on any atom is 0.214 e. The molecule has 2 fully saturated rings. The molecule has 3 aromatic heterocycles. The van der Waals surface area contributed by atoms with Crippen LogP contribution in [-0.2, 0) is 10.0 Å². The number of hydrogen-bond acceptors (Lipinski definition) is 6. The molecule has 0 spiro atoms. The van der Waals surface area contributed by atoms with E-state index < -0.39 is 15.6 Å². The third kappa shape index (κ3) is 3.59. The number of pyridine rings is 1. The number of hydrogen-bond donors (Lipinski definition) is 2. The predicted molar refractivity (Wildman–Crippen MR) is 114 cm³/mol. The first-order valence-corrected chi connectivity index (χ1v) is 12.2. The molecule has 0 amide bonds. The Bertz CT molecular complexity index is 1180. The van der Waals surface area contributed by atoms with Crippen LogP contribution >= 0.6 is 0 Å². The second-order valence-corrected chi connectivity index (χ2v) is 11.1. The van der Waals surface area contributed by atoms with Crippen LogP contribution in [0.15, 0.2) is 24.8 Å². The summed E-state index contributed by atoms with van der Waals surface area (Å²) in [7, 11) is -3.33. The SMILES string of the molecule is CC1(O)CCN(S(=O)(=O)CC2CCC(c3ncnc4cnc5[nH]ccc5c34)CC2)C1. The highest BCUT2D eigenvalue weighted by Gasteiger charge is 2.39. The number of nitrogens with one attached hydrogen (secondary N) is 1. The molecular formula is C21H27N5O3S. The number of aromatic amines is 1. The van der Waals surface area contributed by atoms with Crippen LogP contribution < -0.4 is 0 Å². The van der Waals surface area contributed by atoms with Crippen LogP contribution in [0.4, 0.5) is 0 Å². The fourth-order valence-corrected chi connectivity index (χ4v) is 7.02. The predicted octanol–water partition coefficient (Wildman–Crippen LogP) is 2.57. The summed E-state index contributed by atoms with van der Waals surface area (Å²) in [6, 6.07) is 2.01. The summed E-state index contributed by atoms with van der Waals surface area (Å²) < 4.78 is 27.1. The summed E-state index contributed by atoms with van der Waals surface area (Å²) in [4.78, 5) is 16.6. The minimum atomic E-state index is -3.33. The van der Waals surface area contributed by atoms with E-state index in [1.807, 2.05) is 12.3 Å². The molecule has 2 N–H and O–H groups in total. The lowest BCUT2D eigenvalue weighted by molar-refractivity contribution is 0.0762. The van der Waals surface area contributed by atoms with Gasteiger partial charge in [0.05, 0.1) is 28.8 Å². The molecule has 30 heavy (non-hydrogen) atoms. The van der Waals surface area contributed by atoms with Gasteiger partial charge in [-0.3, -0.25) is 0 Å². The molecule has 1 unspecified atom stereocenters. The number of H-pyrrole nitrogens is 1. The van der Waals surface area contributed by atoms with Crippen LogP contribution in [0, 0.1) is 5.92 Å². The summed E-state index contributed by atoms with van der Waals surface area (Å²) in [6.07, 6.45) is 9.32. The molecule has 0 aromatic carbocycles. The highest BCUT2D eigenvalue weighted by Crippen LogP contribution is 2.39. The lowest BCUT2D eigenvalue weighted by atomic mass is 9.80. The van der Waals surface area contributed by atoms with Gasteiger partial charge in [-0.05, 0) is 51.0 Å². The van der Waals surface area contributed by atoms with Gasteiger partial charge in [0.25, 0.3) is 0 Å². The van der Waals surface area contributed by atoms with Crippen molar-refractivity contribution in [2.75, 3.05) is 18.8 Å². The van der Waals surface area contributed by atoms with E-state index >= 15 is 0 Å². The summed E-state index contributed by atoms with van der Waals surface area (Å²) >= 11 is 0. The fraction of sp³-hybridized carbons (Fsp3) is 0.571. The monoisotopic (exact) mass is 429 g/mol. The van der Waals surface area contributed by atoms with Crippen LogP contribution in [0.5, 0.6) is 0 Å². The maximum atomic E-state index is 12.8. The number of sulfonamides is 1. The molecule has 3 aromatic rings. The zero-order valence-corrected chi connectivity index (χ0v) is 17.9. The van der Waals surface area contributed by atoms with Gasteiger partial charge in [-0.25, -0.2) is 23.4 Å². The Hall–Kier alpha value is -2.10. The first-order valence-electron chi connectivity index (χ1n) is 10.6. The first-order chi connectivity index (χ1) is 14.3. The van der Waals surface area contributed by atoms with E-state index in [2.05, 4.69) is 19.9 Å². The van der Waals surface area contributed by atoms with E-state index in [0.29, 0.717) is 18.9 Å². The van der Waals surface area contributed by atoms with E-state index in [1.54, 1.807) is 19.4 Å². The van der Waals surface area contributed by atoms with Gasteiger partial charge in [0.1, 0.15) is 12.0 Å². The summed E-state index contributed by atoms with van der Waals surface area (Å²) in [5.74, 6) is 0.619. The van der Waals surface area contributed by atoms with Crippen LogP contribution in [-0.4, -0.2) is 62.2 Å². The molecule has 1 atom stereocenters. The summed E-state index contributed by atoms with van der Waals surface area (Å²) in [5.41, 5.74) is 1.82. The molecule has 5 rings (SSSR count). The van der Waals surface area contributed by atoms with E-state index in [9.17, 15) is 13.5 Å². The smallest absolute Gasteiger partial charge is 0.214 e. The standard InChI is InChI=1S/C21H27N5O3S/c1-21(27)7-9-26(12-21)30(28,29)11-14-2-4-15(5-3-14)19-18-16-6-8-22-20(16)23-10-17(18)24-13-25-19/h6,8,10,13-15,27H,2-5,7,9,11-12H2,1H3,(H,22,23). The van der Waals surface area contributed by atoms with Crippen LogP contribution in [0.1, 0.15) is 50.6 Å². The number of β-amino-alcohol motifs (C(OH)–C–C–N with tert-alkyl or cyclic N) is 1. The number of nitrogens with zero attached hydrogens (tertiary/aromatic N) is 4. The molecule has 2 aliphatic rings. The van der Waals surface area contributed by atoms with Gasteiger partial charge in [-0.2, -0.15) is 4.31 Å². The van der Waals surface area contributed by atoms with Gasteiger partial charge in [0.2, 0.25) is 10.0 Å². The maximum absolute atomic E-state index is 12.8.